The molecule has 2 unspecified atom stereocenters. The molecule has 128 valence electrons. The molecule has 0 aromatic heterocycles. The van der Waals surface area contributed by atoms with Crippen LogP contribution < -0.4 is 16.0 Å². The van der Waals surface area contributed by atoms with Crippen molar-refractivity contribution in [3.63, 3.8) is 0 Å². The maximum atomic E-state index is 12.0. The van der Waals surface area contributed by atoms with E-state index in [-0.39, 0.29) is 5.91 Å². The molecule has 0 spiro atoms. The van der Waals surface area contributed by atoms with Gasteiger partial charge in [-0.15, -0.1) is 0 Å². The number of rotatable bonds is 6. The summed E-state index contributed by atoms with van der Waals surface area (Å²) < 4.78 is 0. The molecule has 5 heteroatoms. The van der Waals surface area contributed by atoms with Crippen LogP contribution in [0.1, 0.15) is 60.3 Å². The summed E-state index contributed by atoms with van der Waals surface area (Å²) >= 11 is 0. The summed E-state index contributed by atoms with van der Waals surface area (Å²) in [7, 11) is 0. The Morgan fingerprint density at radius 1 is 1.18 bits per heavy atom. The normalized spacial score (nSPS) is 23.0. The SMILES string of the molecule is CCNC(=O)C(C)(C)CN=C(NCC)NC1CCCC(C)C1. The second kappa shape index (κ2) is 9.01. The summed E-state index contributed by atoms with van der Waals surface area (Å²) in [6.07, 6.45) is 5.01. The number of nitrogens with one attached hydrogen (secondary N) is 3. The number of nitrogens with zero attached hydrogens (tertiary/aromatic N) is 1. The second-order valence-corrected chi connectivity index (χ2v) is 7.05. The van der Waals surface area contributed by atoms with E-state index in [1.807, 2.05) is 20.8 Å². The number of carbonyl (C=O) groups excluding carboxylic acids is 1. The summed E-state index contributed by atoms with van der Waals surface area (Å²) in [5.41, 5.74) is -0.488. The van der Waals surface area contributed by atoms with Crippen LogP contribution in [-0.4, -0.2) is 37.5 Å². The fourth-order valence-electron chi connectivity index (χ4n) is 2.83. The van der Waals surface area contributed by atoms with Gasteiger partial charge in [0.15, 0.2) is 5.96 Å². The smallest absolute Gasteiger partial charge is 0.227 e. The maximum absolute atomic E-state index is 12.0. The summed E-state index contributed by atoms with van der Waals surface area (Å²) in [5.74, 6) is 1.67. The molecule has 1 aliphatic rings. The largest absolute Gasteiger partial charge is 0.357 e. The van der Waals surface area contributed by atoms with Crippen LogP contribution in [0.2, 0.25) is 0 Å². The minimum absolute atomic E-state index is 0.0564. The predicted octanol–water partition coefficient (Wildman–Crippen LogP) is 2.28. The van der Waals surface area contributed by atoms with Crippen LogP contribution in [0.25, 0.3) is 0 Å². The van der Waals surface area contributed by atoms with Crippen molar-refractivity contribution in [1.29, 1.82) is 0 Å². The molecule has 22 heavy (non-hydrogen) atoms. The summed E-state index contributed by atoms with van der Waals surface area (Å²) in [5, 5.41) is 9.71. The molecule has 0 aromatic rings. The molecular weight excluding hydrogens is 276 g/mol. The van der Waals surface area contributed by atoms with Crippen molar-refractivity contribution < 1.29 is 4.79 Å². The van der Waals surface area contributed by atoms with E-state index < -0.39 is 5.41 Å². The molecule has 0 aliphatic heterocycles. The number of hydrogen-bond donors (Lipinski definition) is 3. The summed E-state index contributed by atoms with van der Waals surface area (Å²) in [6, 6.07) is 0.495. The first-order valence-electron chi connectivity index (χ1n) is 8.72. The fourth-order valence-corrected chi connectivity index (χ4v) is 2.83. The standard InChI is InChI=1S/C17H34N4O/c1-6-18-15(22)17(4,5)12-20-16(19-7-2)21-14-10-8-9-13(3)11-14/h13-14H,6-12H2,1-5H3,(H,18,22)(H2,19,20,21). The van der Waals surface area contributed by atoms with Crippen LogP contribution in [0.3, 0.4) is 0 Å². The highest BCUT2D eigenvalue weighted by atomic mass is 16.2. The molecule has 0 aromatic carbocycles. The zero-order valence-electron chi connectivity index (χ0n) is 15.0. The predicted molar refractivity (Wildman–Crippen MR) is 93.0 cm³/mol. The molecule has 1 fully saturated rings. The Morgan fingerprint density at radius 2 is 1.86 bits per heavy atom. The molecule has 1 rings (SSSR count). The molecule has 1 saturated carbocycles. The quantitative estimate of drug-likeness (QED) is 0.521. The Balaban J connectivity index is 2.62. The Bertz CT molecular complexity index is 379. The molecule has 0 saturated heterocycles. The van der Waals surface area contributed by atoms with E-state index >= 15 is 0 Å². The highest BCUT2D eigenvalue weighted by Gasteiger charge is 2.27. The van der Waals surface area contributed by atoms with Gasteiger partial charge in [-0.05, 0) is 46.5 Å². The molecule has 0 heterocycles. The van der Waals surface area contributed by atoms with Crippen molar-refractivity contribution in [1.82, 2.24) is 16.0 Å². The van der Waals surface area contributed by atoms with Crippen molar-refractivity contribution >= 4 is 11.9 Å². The van der Waals surface area contributed by atoms with E-state index in [4.69, 9.17) is 0 Å². The lowest BCUT2D eigenvalue weighted by atomic mass is 9.87. The zero-order chi connectivity index (χ0) is 16.6. The van der Waals surface area contributed by atoms with E-state index in [1.54, 1.807) is 0 Å². The Labute approximate surface area is 135 Å². The first-order valence-corrected chi connectivity index (χ1v) is 8.72. The number of amides is 1. The molecule has 3 N–H and O–H groups in total. The van der Waals surface area contributed by atoms with Crippen LogP contribution >= 0.6 is 0 Å². The second-order valence-electron chi connectivity index (χ2n) is 7.05. The first kappa shape index (κ1) is 18.8. The van der Waals surface area contributed by atoms with Gasteiger partial charge in [-0.3, -0.25) is 9.79 Å². The fraction of sp³-hybridized carbons (Fsp3) is 0.882. The molecule has 0 radical (unpaired) electrons. The van der Waals surface area contributed by atoms with E-state index in [0.29, 0.717) is 19.1 Å². The van der Waals surface area contributed by atoms with Gasteiger partial charge >= 0.3 is 0 Å². The number of carbonyl (C=O) groups is 1. The van der Waals surface area contributed by atoms with Crippen LogP contribution in [0.15, 0.2) is 4.99 Å². The van der Waals surface area contributed by atoms with Crippen LogP contribution in [-0.2, 0) is 4.79 Å². The average Bonchev–Trinajstić information content (AvgIpc) is 2.45. The Kier molecular flexibility index (Phi) is 7.69. The van der Waals surface area contributed by atoms with Gasteiger partial charge in [0, 0.05) is 19.1 Å². The summed E-state index contributed by atoms with van der Waals surface area (Å²) in [6.45, 7) is 12.2. The zero-order valence-corrected chi connectivity index (χ0v) is 15.0. The summed E-state index contributed by atoms with van der Waals surface area (Å²) in [4.78, 5) is 16.7. The first-order chi connectivity index (χ1) is 10.4. The van der Waals surface area contributed by atoms with E-state index in [1.165, 1.54) is 25.7 Å². The van der Waals surface area contributed by atoms with Gasteiger partial charge in [-0.1, -0.05) is 19.8 Å². The molecule has 1 aliphatic carbocycles. The maximum Gasteiger partial charge on any atom is 0.227 e. The number of aliphatic imine (C=N–C) groups is 1. The third-order valence-electron chi connectivity index (χ3n) is 4.21. The molecule has 5 nitrogen and oxygen atoms in total. The lowest BCUT2D eigenvalue weighted by molar-refractivity contribution is -0.128. The third-order valence-corrected chi connectivity index (χ3v) is 4.21. The average molecular weight is 310 g/mol. The van der Waals surface area contributed by atoms with Crippen molar-refractivity contribution in [2.45, 2.75) is 66.3 Å². The highest BCUT2D eigenvalue weighted by Crippen LogP contribution is 2.23. The van der Waals surface area contributed by atoms with Crippen molar-refractivity contribution in [3.05, 3.63) is 0 Å². The van der Waals surface area contributed by atoms with Gasteiger partial charge in [0.2, 0.25) is 5.91 Å². The van der Waals surface area contributed by atoms with E-state index in [2.05, 4.69) is 34.8 Å². The van der Waals surface area contributed by atoms with Gasteiger partial charge < -0.3 is 16.0 Å². The lowest BCUT2D eigenvalue weighted by Gasteiger charge is -2.29. The topological polar surface area (TPSA) is 65.5 Å². The highest BCUT2D eigenvalue weighted by molar-refractivity contribution is 5.83. The van der Waals surface area contributed by atoms with Crippen molar-refractivity contribution in [3.8, 4) is 0 Å². The van der Waals surface area contributed by atoms with Gasteiger partial charge in [0.25, 0.3) is 0 Å². The number of guanidine groups is 1. The minimum Gasteiger partial charge on any atom is -0.357 e. The molecular formula is C17H34N4O. The van der Waals surface area contributed by atoms with Crippen LogP contribution in [0, 0.1) is 11.3 Å². The van der Waals surface area contributed by atoms with Gasteiger partial charge in [-0.25, -0.2) is 0 Å². The van der Waals surface area contributed by atoms with Gasteiger partial charge in [-0.2, -0.15) is 0 Å². The van der Waals surface area contributed by atoms with Gasteiger partial charge in [0.1, 0.15) is 0 Å². The molecule has 0 bridgehead atoms. The van der Waals surface area contributed by atoms with Crippen LogP contribution in [0.4, 0.5) is 0 Å². The van der Waals surface area contributed by atoms with Crippen molar-refractivity contribution in [2.75, 3.05) is 19.6 Å². The van der Waals surface area contributed by atoms with Crippen LogP contribution in [0.5, 0.6) is 0 Å². The Hall–Kier alpha value is -1.26. The molecule has 2 atom stereocenters. The molecule has 1 amide bonds. The van der Waals surface area contributed by atoms with Crippen molar-refractivity contribution in [2.24, 2.45) is 16.3 Å². The minimum atomic E-state index is -0.488. The lowest BCUT2D eigenvalue weighted by Crippen LogP contribution is -2.46. The monoisotopic (exact) mass is 310 g/mol. The van der Waals surface area contributed by atoms with E-state index in [9.17, 15) is 4.79 Å². The van der Waals surface area contributed by atoms with E-state index in [0.717, 1.165) is 18.4 Å². The number of hydrogen-bond acceptors (Lipinski definition) is 2. The Morgan fingerprint density at radius 3 is 2.45 bits per heavy atom. The van der Waals surface area contributed by atoms with Gasteiger partial charge in [0.05, 0.1) is 12.0 Å². The third kappa shape index (κ3) is 6.24.